The number of amides is 1. The summed E-state index contributed by atoms with van der Waals surface area (Å²) in [5, 5.41) is 3.61. The van der Waals surface area contributed by atoms with Crippen LogP contribution in [0.3, 0.4) is 0 Å². The van der Waals surface area contributed by atoms with Crippen LogP contribution in [0.5, 0.6) is 0 Å². The fourth-order valence-corrected chi connectivity index (χ4v) is 3.72. The minimum Gasteiger partial charge on any atom is -0.462 e. The molecule has 1 amide bonds. The monoisotopic (exact) mass is 414 g/mol. The summed E-state index contributed by atoms with van der Waals surface area (Å²) in [7, 11) is 0. The number of aromatic nitrogens is 2. The van der Waals surface area contributed by atoms with E-state index in [0.29, 0.717) is 17.9 Å². The van der Waals surface area contributed by atoms with Crippen molar-refractivity contribution < 1.29 is 14.3 Å². The maximum absolute atomic E-state index is 12.3. The molecule has 7 nitrogen and oxygen atoms in total. The lowest BCUT2D eigenvalue weighted by molar-refractivity contribution is -0.113. The van der Waals surface area contributed by atoms with E-state index in [1.54, 1.807) is 37.5 Å². The Kier molecular flexibility index (Phi) is 7.46. The first-order valence-corrected chi connectivity index (χ1v) is 10.8. The van der Waals surface area contributed by atoms with Crippen LogP contribution in [0.2, 0.25) is 0 Å². The normalized spacial score (nSPS) is 14.5. The SMILES string of the molecule is CCOC(=O)c1ccc(NC(=O)CSc2cc(N3CCC(C)CC3)ncn2)cc1. The molecule has 0 bridgehead atoms. The summed E-state index contributed by atoms with van der Waals surface area (Å²) in [6.07, 6.45) is 3.90. The third-order valence-electron chi connectivity index (χ3n) is 4.77. The first kappa shape index (κ1) is 21.1. The number of piperidine rings is 1. The number of carbonyl (C=O) groups excluding carboxylic acids is 2. The maximum atomic E-state index is 12.3. The Bertz CT molecular complexity index is 836. The number of benzene rings is 1. The lowest BCUT2D eigenvalue weighted by Gasteiger charge is -2.31. The molecule has 1 saturated heterocycles. The summed E-state index contributed by atoms with van der Waals surface area (Å²) in [5.41, 5.74) is 1.09. The number of thioether (sulfide) groups is 1. The molecule has 2 heterocycles. The van der Waals surface area contributed by atoms with E-state index in [9.17, 15) is 9.59 Å². The van der Waals surface area contributed by atoms with Gasteiger partial charge in [0.2, 0.25) is 5.91 Å². The van der Waals surface area contributed by atoms with Gasteiger partial charge in [0.15, 0.2) is 0 Å². The van der Waals surface area contributed by atoms with Gasteiger partial charge in [-0.05, 0) is 49.9 Å². The Balaban J connectivity index is 1.50. The van der Waals surface area contributed by atoms with Gasteiger partial charge in [0.1, 0.15) is 17.2 Å². The highest BCUT2D eigenvalue weighted by Crippen LogP contribution is 2.24. The molecule has 1 aromatic heterocycles. The minimum atomic E-state index is -0.372. The molecule has 0 radical (unpaired) electrons. The Labute approximate surface area is 175 Å². The second-order valence-electron chi connectivity index (χ2n) is 7.02. The largest absolute Gasteiger partial charge is 0.462 e. The number of rotatable bonds is 7. The third-order valence-corrected chi connectivity index (χ3v) is 5.69. The molecule has 2 aromatic rings. The quantitative estimate of drug-likeness (QED) is 0.421. The highest BCUT2D eigenvalue weighted by molar-refractivity contribution is 7.99. The van der Waals surface area contributed by atoms with E-state index < -0.39 is 0 Å². The number of nitrogens with zero attached hydrogens (tertiary/aromatic N) is 3. The molecule has 1 aliphatic heterocycles. The lowest BCUT2D eigenvalue weighted by atomic mass is 9.99. The first-order valence-electron chi connectivity index (χ1n) is 9.82. The van der Waals surface area contributed by atoms with Crippen LogP contribution in [-0.2, 0) is 9.53 Å². The van der Waals surface area contributed by atoms with E-state index in [-0.39, 0.29) is 17.6 Å². The Morgan fingerprint density at radius 2 is 1.93 bits per heavy atom. The Morgan fingerprint density at radius 1 is 1.21 bits per heavy atom. The highest BCUT2D eigenvalue weighted by atomic mass is 32.2. The number of nitrogens with one attached hydrogen (secondary N) is 1. The van der Waals surface area contributed by atoms with Gasteiger partial charge < -0.3 is 15.0 Å². The van der Waals surface area contributed by atoms with E-state index >= 15 is 0 Å². The van der Waals surface area contributed by atoms with Gasteiger partial charge in [-0.1, -0.05) is 18.7 Å². The van der Waals surface area contributed by atoms with Crippen molar-refractivity contribution in [3.63, 3.8) is 0 Å². The van der Waals surface area contributed by atoms with Gasteiger partial charge in [0.05, 0.1) is 17.9 Å². The molecule has 0 saturated carbocycles. The minimum absolute atomic E-state index is 0.133. The van der Waals surface area contributed by atoms with Crippen molar-refractivity contribution in [2.75, 3.05) is 35.7 Å². The van der Waals surface area contributed by atoms with Crippen LogP contribution in [0.15, 0.2) is 41.7 Å². The summed E-state index contributed by atoms with van der Waals surface area (Å²) in [4.78, 5) is 34.8. The highest BCUT2D eigenvalue weighted by Gasteiger charge is 2.17. The summed E-state index contributed by atoms with van der Waals surface area (Å²) in [6.45, 7) is 6.38. The summed E-state index contributed by atoms with van der Waals surface area (Å²) in [5.74, 6) is 1.42. The van der Waals surface area contributed by atoms with Gasteiger partial charge in [0.25, 0.3) is 0 Å². The van der Waals surface area contributed by atoms with Crippen LogP contribution in [0.25, 0.3) is 0 Å². The van der Waals surface area contributed by atoms with Crippen molar-refractivity contribution in [1.82, 2.24) is 9.97 Å². The van der Waals surface area contributed by atoms with Crippen molar-refractivity contribution in [2.45, 2.75) is 31.7 Å². The molecule has 8 heteroatoms. The lowest BCUT2D eigenvalue weighted by Crippen LogP contribution is -2.33. The zero-order valence-electron chi connectivity index (χ0n) is 16.8. The molecule has 1 fully saturated rings. The molecule has 1 N–H and O–H groups in total. The van der Waals surface area contributed by atoms with Crippen molar-refractivity contribution in [3.8, 4) is 0 Å². The third kappa shape index (κ3) is 6.19. The van der Waals surface area contributed by atoms with Gasteiger partial charge in [-0.15, -0.1) is 0 Å². The van der Waals surface area contributed by atoms with Crippen LogP contribution < -0.4 is 10.2 Å². The van der Waals surface area contributed by atoms with Crippen molar-refractivity contribution in [1.29, 1.82) is 0 Å². The van der Waals surface area contributed by atoms with E-state index in [1.807, 2.05) is 6.07 Å². The van der Waals surface area contributed by atoms with Crippen LogP contribution >= 0.6 is 11.8 Å². The number of anilines is 2. The van der Waals surface area contributed by atoms with Crippen molar-refractivity contribution in [2.24, 2.45) is 5.92 Å². The molecule has 0 atom stereocenters. The molecule has 29 heavy (non-hydrogen) atoms. The zero-order valence-corrected chi connectivity index (χ0v) is 17.6. The van der Waals surface area contributed by atoms with Gasteiger partial charge in [-0.2, -0.15) is 0 Å². The fourth-order valence-electron chi connectivity index (χ4n) is 3.06. The van der Waals surface area contributed by atoms with E-state index in [4.69, 9.17) is 4.74 Å². The van der Waals surface area contributed by atoms with Crippen LogP contribution in [0.1, 0.15) is 37.0 Å². The summed E-state index contributed by atoms with van der Waals surface area (Å²) >= 11 is 1.38. The predicted molar refractivity (Wildman–Crippen MR) is 114 cm³/mol. The number of hydrogen-bond donors (Lipinski definition) is 1. The molecule has 1 aromatic carbocycles. The van der Waals surface area contributed by atoms with Gasteiger partial charge in [0, 0.05) is 24.8 Å². The number of hydrogen-bond acceptors (Lipinski definition) is 7. The number of carbonyl (C=O) groups is 2. The molecule has 0 aliphatic carbocycles. The Morgan fingerprint density at radius 3 is 2.62 bits per heavy atom. The zero-order chi connectivity index (χ0) is 20.6. The molecule has 1 aliphatic rings. The second-order valence-corrected chi connectivity index (χ2v) is 8.01. The molecular weight excluding hydrogens is 388 g/mol. The molecule has 3 rings (SSSR count). The van der Waals surface area contributed by atoms with Gasteiger partial charge in [-0.25, -0.2) is 14.8 Å². The predicted octanol–water partition coefficient (Wildman–Crippen LogP) is 3.62. The van der Waals surface area contributed by atoms with Crippen molar-refractivity contribution in [3.05, 3.63) is 42.2 Å². The Hall–Kier alpha value is -2.61. The molecule has 0 spiro atoms. The molecule has 0 unspecified atom stereocenters. The summed E-state index contributed by atoms with van der Waals surface area (Å²) < 4.78 is 4.95. The van der Waals surface area contributed by atoms with E-state index in [1.165, 1.54) is 24.6 Å². The van der Waals surface area contributed by atoms with Gasteiger partial charge in [-0.3, -0.25) is 4.79 Å². The van der Waals surface area contributed by atoms with E-state index in [0.717, 1.165) is 29.9 Å². The molecular formula is C21H26N4O3S. The number of ether oxygens (including phenoxy) is 1. The topological polar surface area (TPSA) is 84.4 Å². The van der Waals surface area contributed by atoms with Gasteiger partial charge >= 0.3 is 5.97 Å². The average Bonchev–Trinajstić information content (AvgIpc) is 2.74. The molecule has 154 valence electrons. The van der Waals surface area contributed by atoms with Crippen LogP contribution in [0, 0.1) is 5.92 Å². The maximum Gasteiger partial charge on any atom is 0.338 e. The second kappa shape index (κ2) is 10.2. The average molecular weight is 415 g/mol. The first-order chi connectivity index (χ1) is 14.0. The van der Waals surface area contributed by atoms with Crippen LogP contribution in [0.4, 0.5) is 11.5 Å². The van der Waals surface area contributed by atoms with E-state index in [2.05, 4.69) is 27.1 Å². The van der Waals surface area contributed by atoms with Crippen molar-refractivity contribution >= 4 is 35.1 Å². The standard InChI is InChI=1S/C21H26N4O3S/c1-3-28-21(27)16-4-6-17(7-5-16)24-19(26)13-29-20-12-18(22-14-23-20)25-10-8-15(2)9-11-25/h4-7,12,14-15H,3,8-11,13H2,1-2H3,(H,24,26). The van der Waals surface area contributed by atoms with Crippen LogP contribution in [-0.4, -0.2) is 47.3 Å². The number of esters is 1. The summed E-state index contributed by atoms with van der Waals surface area (Å²) in [6, 6.07) is 8.60. The smallest absolute Gasteiger partial charge is 0.338 e. The fraction of sp³-hybridized carbons (Fsp3) is 0.429.